The van der Waals surface area contributed by atoms with Gasteiger partial charge in [-0.25, -0.2) is 12.7 Å². The summed E-state index contributed by atoms with van der Waals surface area (Å²) in [5.41, 5.74) is -0.784. The summed E-state index contributed by atoms with van der Waals surface area (Å²) in [6.07, 6.45) is 5.16. The molecule has 0 bridgehead atoms. The number of hydrogen-bond acceptors (Lipinski definition) is 4. The van der Waals surface area contributed by atoms with Gasteiger partial charge in [0.1, 0.15) is 0 Å². The summed E-state index contributed by atoms with van der Waals surface area (Å²) in [5, 5.41) is 18.5. The molecule has 2 rings (SSSR count). The largest absolute Gasteiger partial charge is 0.481 e. The Bertz CT molecular complexity index is 532. The molecular weight excluding hydrogens is 292 g/mol. The van der Waals surface area contributed by atoms with E-state index >= 15 is 0 Å². The van der Waals surface area contributed by atoms with Gasteiger partial charge in [0.2, 0.25) is 10.0 Å². The van der Waals surface area contributed by atoms with Crippen molar-refractivity contribution in [3.63, 3.8) is 0 Å². The quantitative estimate of drug-likeness (QED) is 0.849. The monoisotopic (exact) mass is 314 g/mol. The van der Waals surface area contributed by atoms with Crippen molar-refractivity contribution in [2.75, 3.05) is 18.8 Å². The molecule has 1 heterocycles. The molecule has 1 atom stereocenters. The second-order valence-corrected chi connectivity index (χ2v) is 8.21. The van der Waals surface area contributed by atoms with E-state index in [9.17, 15) is 18.5 Å². The molecule has 2 fully saturated rings. The average Bonchev–Trinajstić information content (AvgIpc) is 2.48. The third-order valence-corrected chi connectivity index (χ3v) is 6.67. The summed E-state index contributed by atoms with van der Waals surface area (Å²) >= 11 is 0. The van der Waals surface area contributed by atoms with Gasteiger partial charge in [-0.2, -0.15) is 5.26 Å². The maximum Gasteiger partial charge on any atom is 0.307 e. The number of carbonyl (C=O) groups is 1. The van der Waals surface area contributed by atoms with E-state index in [4.69, 9.17) is 5.11 Å². The van der Waals surface area contributed by atoms with Crippen molar-refractivity contribution in [2.24, 2.45) is 11.3 Å². The zero-order valence-corrected chi connectivity index (χ0v) is 12.9. The fourth-order valence-corrected chi connectivity index (χ4v) is 5.40. The van der Waals surface area contributed by atoms with Gasteiger partial charge in [0.25, 0.3) is 0 Å². The summed E-state index contributed by atoms with van der Waals surface area (Å²) in [5.74, 6) is -1.73. The number of sulfonamides is 1. The minimum Gasteiger partial charge on any atom is -0.481 e. The molecule has 0 radical (unpaired) electrons. The van der Waals surface area contributed by atoms with E-state index in [2.05, 4.69) is 6.07 Å². The lowest BCUT2D eigenvalue weighted by Crippen LogP contribution is -2.46. The molecule has 0 amide bonds. The number of nitrogens with zero attached hydrogens (tertiary/aromatic N) is 2. The van der Waals surface area contributed by atoms with Crippen LogP contribution in [0.2, 0.25) is 0 Å². The first-order chi connectivity index (χ1) is 9.88. The number of hydrogen-bond donors (Lipinski definition) is 1. The maximum absolute atomic E-state index is 12.6. The molecule has 1 aliphatic carbocycles. The molecular formula is C14H22N2O4S. The molecule has 1 N–H and O–H groups in total. The number of carboxylic acid groups (broad SMARTS) is 1. The Morgan fingerprint density at radius 2 is 1.95 bits per heavy atom. The summed E-state index contributed by atoms with van der Waals surface area (Å²) in [6.45, 7) is 0.410. The predicted molar refractivity (Wildman–Crippen MR) is 76.9 cm³/mol. The van der Waals surface area contributed by atoms with E-state index in [0.29, 0.717) is 32.2 Å². The number of nitriles is 1. The minimum absolute atomic E-state index is 0.0408. The standard InChI is InChI=1S/C14H22N2O4S/c15-10-14(6-2-1-3-7-14)11-21(19,20)16-8-4-5-12(9-16)13(17)18/h12H,1-9,11H2,(H,17,18). The highest BCUT2D eigenvalue weighted by atomic mass is 32.2. The lowest BCUT2D eigenvalue weighted by Gasteiger charge is -2.35. The van der Waals surface area contributed by atoms with Gasteiger partial charge in [0, 0.05) is 13.1 Å². The molecule has 1 saturated heterocycles. The van der Waals surface area contributed by atoms with Crippen LogP contribution in [0, 0.1) is 22.7 Å². The number of piperidine rings is 1. The van der Waals surface area contributed by atoms with Crippen LogP contribution in [-0.4, -0.2) is 42.6 Å². The topological polar surface area (TPSA) is 98.5 Å². The first-order valence-electron chi connectivity index (χ1n) is 7.50. The summed E-state index contributed by atoms with van der Waals surface area (Å²) < 4.78 is 26.4. The van der Waals surface area contributed by atoms with Crippen LogP contribution in [0.3, 0.4) is 0 Å². The van der Waals surface area contributed by atoms with Crippen LogP contribution >= 0.6 is 0 Å². The summed E-state index contributed by atoms with van der Waals surface area (Å²) in [6, 6.07) is 2.22. The zero-order chi connectivity index (χ0) is 15.5. The van der Waals surface area contributed by atoms with Crippen molar-refractivity contribution < 1.29 is 18.3 Å². The molecule has 7 heteroatoms. The first kappa shape index (κ1) is 16.2. The zero-order valence-electron chi connectivity index (χ0n) is 12.1. The Morgan fingerprint density at radius 3 is 2.52 bits per heavy atom. The van der Waals surface area contributed by atoms with E-state index in [1.165, 1.54) is 4.31 Å². The highest BCUT2D eigenvalue weighted by Crippen LogP contribution is 2.38. The fourth-order valence-electron chi connectivity index (χ4n) is 3.35. The second-order valence-electron chi connectivity index (χ2n) is 6.24. The molecule has 0 spiro atoms. The van der Waals surface area contributed by atoms with Crippen molar-refractivity contribution >= 4 is 16.0 Å². The molecule has 2 aliphatic rings. The third-order valence-electron chi connectivity index (χ3n) is 4.63. The van der Waals surface area contributed by atoms with Crippen molar-refractivity contribution in [2.45, 2.75) is 44.9 Å². The van der Waals surface area contributed by atoms with Gasteiger partial charge in [-0.1, -0.05) is 19.3 Å². The smallest absolute Gasteiger partial charge is 0.307 e. The van der Waals surface area contributed by atoms with Crippen LogP contribution in [0.4, 0.5) is 0 Å². The third kappa shape index (κ3) is 3.74. The number of carboxylic acids is 1. The van der Waals surface area contributed by atoms with Crippen LogP contribution in [0.1, 0.15) is 44.9 Å². The van der Waals surface area contributed by atoms with Gasteiger partial charge >= 0.3 is 5.97 Å². The molecule has 1 saturated carbocycles. The highest BCUT2D eigenvalue weighted by Gasteiger charge is 2.41. The molecule has 118 valence electrons. The molecule has 0 aromatic heterocycles. The Hall–Kier alpha value is -1.13. The van der Waals surface area contributed by atoms with Crippen molar-refractivity contribution in [3.8, 4) is 6.07 Å². The van der Waals surface area contributed by atoms with Crippen LogP contribution in [0.25, 0.3) is 0 Å². The van der Waals surface area contributed by atoms with Crippen LogP contribution in [0.5, 0.6) is 0 Å². The number of rotatable bonds is 4. The Kier molecular flexibility index (Phi) is 4.89. The second kappa shape index (κ2) is 6.32. The first-order valence-corrected chi connectivity index (χ1v) is 9.11. The molecule has 6 nitrogen and oxygen atoms in total. The summed E-state index contributed by atoms with van der Waals surface area (Å²) in [4.78, 5) is 11.1. The molecule has 1 unspecified atom stereocenters. The average molecular weight is 314 g/mol. The molecule has 21 heavy (non-hydrogen) atoms. The summed E-state index contributed by atoms with van der Waals surface area (Å²) in [7, 11) is -3.57. The van der Waals surface area contributed by atoms with Gasteiger partial charge in [-0.3, -0.25) is 4.79 Å². The Labute approximate surface area is 125 Å². The highest BCUT2D eigenvalue weighted by molar-refractivity contribution is 7.89. The van der Waals surface area contributed by atoms with Crippen molar-refractivity contribution in [1.29, 1.82) is 5.26 Å². The van der Waals surface area contributed by atoms with Gasteiger partial charge in [-0.15, -0.1) is 0 Å². The van der Waals surface area contributed by atoms with Gasteiger partial charge in [-0.05, 0) is 25.7 Å². The van der Waals surface area contributed by atoms with Gasteiger partial charge < -0.3 is 5.11 Å². The predicted octanol–water partition coefficient (Wildman–Crippen LogP) is 1.59. The van der Waals surface area contributed by atoms with E-state index in [1.807, 2.05) is 0 Å². The van der Waals surface area contributed by atoms with E-state index in [-0.39, 0.29) is 12.3 Å². The van der Waals surface area contributed by atoms with Gasteiger partial charge in [0.15, 0.2) is 0 Å². The lowest BCUT2D eigenvalue weighted by molar-refractivity contribution is -0.142. The van der Waals surface area contributed by atoms with Crippen molar-refractivity contribution in [1.82, 2.24) is 4.31 Å². The lowest BCUT2D eigenvalue weighted by atomic mass is 9.77. The van der Waals surface area contributed by atoms with E-state index in [0.717, 1.165) is 19.3 Å². The van der Waals surface area contributed by atoms with Crippen LogP contribution in [0.15, 0.2) is 0 Å². The normalized spacial score (nSPS) is 26.9. The molecule has 0 aromatic rings. The maximum atomic E-state index is 12.6. The Morgan fingerprint density at radius 1 is 1.29 bits per heavy atom. The van der Waals surface area contributed by atoms with Crippen LogP contribution < -0.4 is 0 Å². The molecule has 1 aliphatic heterocycles. The van der Waals surface area contributed by atoms with Gasteiger partial charge in [0.05, 0.1) is 23.2 Å². The SMILES string of the molecule is N#CC1(CS(=O)(=O)N2CCCC(C(=O)O)C2)CCCCC1. The Balaban J connectivity index is 2.10. The fraction of sp³-hybridized carbons (Fsp3) is 0.857. The van der Waals surface area contributed by atoms with Crippen molar-refractivity contribution in [3.05, 3.63) is 0 Å². The minimum atomic E-state index is -3.57. The number of aliphatic carboxylic acids is 1. The van der Waals surface area contributed by atoms with E-state index < -0.39 is 27.3 Å². The van der Waals surface area contributed by atoms with Crippen LogP contribution in [-0.2, 0) is 14.8 Å². The van der Waals surface area contributed by atoms with E-state index in [1.54, 1.807) is 0 Å². The molecule has 0 aromatic carbocycles.